The fraction of sp³-hybridized carbons (Fsp3) is 0.333. The number of nitrogens with zero attached hydrogens (tertiary/aromatic N) is 2. The molecule has 100 valence electrons. The Morgan fingerprint density at radius 1 is 1.16 bits per heavy atom. The average Bonchev–Trinajstić information content (AvgIpc) is 2.40. The second-order valence-electron chi connectivity index (χ2n) is 4.58. The van der Waals surface area contributed by atoms with Gasteiger partial charge in [-0.25, -0.2) is 9.97 Å². The fourth-order valence-corrected chi connectivity index (χ4v) is 2.39. The van der Waals surface area contributed by atoms with E-state index >= 15 is 0 Å². The van der Waals surface area contributed by atoms with Gasteiger partial charge in [-0.15, -0.1) is 0 Å². The second-order valence-corrected chi connectivity index (χ2v) is 4.58. The van der Waals surface area contributed by atoms with Crippen molar-refractivity contribution in [1.29, 1.82) is 0 Å². The Bertz CT molecular complexity index is 532. The summed E-state index contributed by atoms with van der Waals surface area (Å²) in [6.07, 6.45) is 3.49. The molecule has 1 aromatic heterocycles. The Kier molecular flexibility index (Phi) is 4.12. The molecule has 1 unspecified atom stereocenters. The minimum Gasteiger partial charge on any atom is -0.496 e. The van der Waals surface area contributed by atoms with Crippen molar-refractivity contribution in [2.75, 3.05) is 13.7 Å². The highest BCUT2D eigenvalue weighted by molar-refractivity contribution is 5.45. The van der Waals surface area contributed by atoms with Gasteiger partial charge < -0.3 is 10.5 Å². The van der Waals surface area contributed by atoms with Crippen molar-refractivity contribution >= 4 is 0 Å². The van der Waals surface area contributed by atoms with E-state index in [2.05, 4.69) is 22.1 Å². The number of nitrogens with two attached hydrogens (primary N) is 1. The Morgan fingerprint density at radius 2 is 1.74 bits per heavy atom. The molecular weight excluding hydrogens is 238 g/mol. The summed E-state index contributed by atoms with van der Waals surface area (Å²) in [5, 5.41) is 0. The molecule has 2 N–H and O–H groups in total. The highest BCUT2D eigenvalue weighted by Gasteiger charge is 2.17. The van der Waals surface area contributed by atoms with Crippen LogP contribution in [0.4, 0.5) is 0 Å². The number of benzene rings is 1. The van der Waals surface area contributed by atoms with E-state index in [4.69, 9.17) is 10.5 Å². The molecule has 1 heterocycles. The van der Waals surface area contributed by atoms with Crippen molar-refractivity contribution < 1.29 is 4.74 Å². The summed E-state index contributed by atoms with van der Waals surface area (Å²) in [7, 11) is 1.69. The molecule has 0 spiro atoms. The molecule has 0 aliphatic heterocycles. The number of hydrogen-bond acceptors (Lipinski definition) is 4. The first-order chi connectivity index (χ1) is 9.17. The van der Waals surface area contributed by atoms with Gasteiger partial charge in [0.2, 0.25) is 0 Å². The van der Waals surface area contributed by atoms with Crippen LogP contribution in [0.15, 0.2) is 30.6 Å². The van der Waals surface area contributed by atoms with E-state index in [9.17, 15) is 0 Å². The van der Waals surface area contributed by atoms with Crippen LogP contribution < -0.4 is 10.5 Å². The lowest BCUT2D eigenvalue weighted by atomic mass is 9.94. The summed E-state index contributed by atoms with van der Waals surface area (Å²) < 4.78 is 5.39. The SMILES string of the molecule is COc1c(C)cc(C(CN)c2ncccn2)cc1C. The van der Waals surface area contributed by atoms with Gasteiger partial charge in [-0.3, -0.25) is 0 Å². The van der Waals surface area contributed by atoms with Crippen LogP contribution in [0.1, 0.15) is 28.4 Å². The summed E-state index contributed by atoms with van der Waals surface area (Å²) in [4.78, 5) is 8.61. The van der Waals surface area contributed by atoms with Crippen LogP contribution in [0.5, 0.6) is 5.75 Å². The summed E-state index contributed by atoms with van der Waals surface area (Å²) in [6.45, 7) is 4.55. The zero-order chi connectivity index (χ0) is 13.8. The standard InChI is InChI=1S/C15H19N3O/c1-10-7-12(8-11(2)14(10)19-3)13(9-16)15-17-5-4-6-18-15/h4-8,13H,9,16H2,1-3H3. The van der Waals surface area contributed by atoms with Gasteiger partial charge in [0.05, 0.1) is 13.0 Å². The molecule has 0 fully saturated rings. The molecule has 4 nitrogen and oxygen atoms in total. The molecule has 2 aromatic rings. The van der Waals surface area contributed by atoms with Crippen molar-refractivity contribution in [3.63, 3.8) is 0 Å². The van der Waals surface area contributed by atoms with Crippen molar-refractivity contribution in [2.24, 2.45) is 5.73 Å². The first kappa shape index (κ1) is 13.5. The van der Waals surface area contributed by atoms with Gasteiger partial charge in [0.25, 0.3) is 0 Å². The third-order valence-electron chi connectivity index (χ3n) is 3.22. The predicted octanol–water partition coefficient (Wildman–Crippen LogP) is 2.19. The van der Waals surface area contributed by atoms with E-state index in [1.165, 1.54) is 0 Å². The van der Waals surface area contributed by atoms with E-state index in [0.717, 1.165) is 28.3 Å². The number of hydrogen-bond donors (Lipinski definition) is 1. The van der Waals surface area contributed by atoms with Gasteiger partial charge in [0, 0.05) is 18.9 Å². The van der Waals surface area contributed by atoms with Gasteiger partial charge in [-0.1, -0.05) is 12.1 Å². The van der Waals surface area contributed by atoms with E-state index in [1.807, 2.05) is 19.9 Å². The molecule has 0 amide bonds. The van der Waals surface area contributed by atoms with Crippen LogP contribution in [0, 0.1) is 13.8 Å². The van der Waals surface area contributed by atoms with Crippen LogP contribution in [0.25, 0.3) is 0 Å². The zero-order valence-corrected chi connectivity index (χ0v) is 11.6. The number of rotatable bonds is 4. The lowest BCUT2D eigenvalue weighted by molar-refractivity contribution is 0.408. The molecule has 0 saturated carbocycles. The average molecular weight is 257 g/mol. The summed E-state index contributed by atoms with van der Waals surface area (Å²) in [5.41, 5.74) is 9.23. The van der Waals surface area contributed by atoms with Gasteiger partial charge in [0.1, 0.15) is 11.6 Å². The maximum absolute atomic E-state index is 5.90. The van der Waals surface area contributed by atoms with Crippen molar-refractivity contribution in [1.82, 2.24) is 9.97 Å². The largest absolute Gasteiger partial charge is 0.496 e. The van der Waals surface area contributed by atoms with E-state index < -0.39 is 0 Å². The highest BCUT2D eigenvalue weighted by Crippen LogP contribution is 2.29. The number of ether oxygens (including phenoxy) is 1. The van der Waals surface area contributed by atoms with E-state index in [0.29, 0.717) is 6.54 Å². The topological polar surface area (TPSA) is 61.0 Å². The van der Waals surface area contributed by atoms with Gasteiger partial charge in [-0.2, -0.15) is 0 Å². The van der Waals surface area contributed by atoms with Crippen LogP contribution in [0.3, 0.4) is 0 Å². The monoisotopic (exact) mass is 257 g/mol. The van der Waals surface area contributed by atoms with Gasteiger partial charge in [-0.05, 0) is 36.6 Å². The van der Waals surface area contributed by atoms with E-state index in [-0.39, 0.29) is 5.92 Å². The molecular formula is C15H19N3O. The Hall–Kier alpha value is -1.94. The van der Waals surface area contributed by atoms with Crippen LogP contribution in [0.2, 0.25) is 0 Å². The fourth-order valence-electron chi connectivity index (χ4n) is 2.39. The first-order valence-electron chi connectivity index (χ1n) is 6.29. The molecule has 4 heteroatoms. The molecule has 0 bridgehead atoms. The second kappa shape index (κ2) is 5.80. The lowest BCUT2D eigenvalue weighted by Gasteiger charge is -2.17. The minimum atomic E-state index is 0.0181. The maximum atomic E-state index is 5.90. The van der Waals surface area contributed by atoms with Crippen LogP contribution in [-0.2, 0) is 0 Å². The van der Waals surface area contributed by atoms with Crippen LogP contribution in [-0.4, -0.2) is 23.6 Å². The van der Waals surface area contributed by atoms with Crippen molar-refractivity contribution in [2.45, 2.75) is 19.8 Å². The normalized spacial score (nSPS) is 12.2. The smallest absolute Gasteiger partial charge is 0.136 e. The molecule has 19 heavy (non-hydrogen) atoms. The summed E-state index contributed by atoms with van der Waals surface area (Å²) >= 11 is 0. The van der Waals surface area contributed by atoms with Gasteiger partial charge in [0.15, 0.2) is 0 Å². The summed E-state index contributed by atoms with van der Waals surface area (Å²) in [5.74, 6) is 1.70. The van der Waals surface area contributed by atoms with Crippen molar-refractivity contribution in [3.8, 4) is 5.75 Å². The maximum Gasteiger partial charge on any atom is 0.136 e. The molecule has 0 aliphatic carbocycles. The number of methoxy groups -OCH3 is 1. The number of aryl methyl sites for hydroxylation is 2. The molecule has 0 aliphatic rings. The third-order valence-corrected chi connectivity index (χ3v) is 3.22. The Labute approximate surface area is 113 Å². The van der Waals surface area contributed by atoms with Crippen molar-refractivity contribution in [3.05, 3.63) is 53.1 Å². The quantitative estimate of drug-likeness (QED) is 0.912. The zero-order valence-electron chi connectivity index (χ0n) is 11.6. The summed E-state index contributed by atoms with van der Waals surface area (Å²) in [6, 6.07) is 6.00. The highest BCUT2D eigenvalue weighted by atomic mass is 16.5. The lowest BCUT2D eigenvalue weighted by Crippen LogP contribution is -2.17. The third kappa shape index (κ3) is 2.74. The Balaban J connectivity index is 2.45. The molecule has 1 aromatic carbocycles. The minimum absolute atomic E-state index is 0.0181. The molecule has 0 radical (unpaired) electrons. The molecule has 2 rings (SSSR count). The molecule has 0 saturated heterocycles. The molecule has 1 atom stereocenters. The van der Waals surface area contributed by atoms with Gasteiger partial charge >= 0.3 is 0 Å². The van der Waals surface area contributed by atoms with Crippen LogP contribution >= 0.6 is 0 Å². The number of aromatic nitrogens is 2. The van der Waals surface area contributed by atoms with E-state index in [1.54, 1.807) is 19.5 Å². The first-order valence-corrected chi connectivity index (χ1v) is 6.29. The Morgan fingerprint density at radius 3 is 2.21 bits per heavy atom. The predicted molar refractivity (Wildman–Crippen MR) is 75.4 cm³/mol.